The summed E-state index contributed by atoms with van der Waals surface area (Å²) in [5, 5.41) is 10.0. The van der Waals surface area contributed by atoms with E-state index in [1.54, 1.807) is 18.2 Å². The standard InChI is InChI=1S/C39H62N2O11SSi3/c1-24-14-16-29(17-15-24)53(44,45)39-38(30-18-19-34(47-30)41(42)43)49-33(40-39)21-25(2)20-31-37(52-56(11,12)13)36(51-55(8,9)10)28(23-46-31)22-32-35(48-32)26(3)27(4)50-54(5,6)7/h14-19,21,26-28,31-32,35-39H,20,22-23H2,1-13H3/b25-21+/t26-,27-,28-,31-,32-,35-,36+,37-,38?,39?/m0/s1. The third-order valence-electron chi connectivity index (χ3n) is 10.0. The Kier molecular flexibility index (Phi) is 13.5. The van der Waals surface area contributed by atoms with Crippen LogP contribution < -0.4 is 0 Å². The highest BCUT2D eigenvalue weighted by atomic mass is 32.2. The van der Waals surface area contributed by atoms with Crippen LogP contribution in [-0.2, 0) is 37.3 Å². The molecule has 5 rings (SSSR count). The summed E-state index contributed by atoms with van der Waals surface area (Å²) in [5.74, 6) is -0.121. The molecule has 3 aliphatic rings. The Bertz CT molecular complexity index is 1860. The van der Waals surface area contributed by atoms with Gasteiger partial charge in [-0.3, -0.25) is 10.1 Å². The third-order valence-corrected chi connectivity index (χ3v) is 15.0. The Morgan fingerprint density at radius 3 is 2.14 bits per heavy atom. The average Bonchev–Trinajstić information content (AvgIpc) is 3.41. The Morgan fingerprint density at radius 1 is 0.946 bits per heavy atom. The number of sulfone groups is 1. The van der Waals surface area contributed by atoms with Gasteiger partial charge < -0.3 is 31.9 Å². The summed E-state index contributed by atoms with van der Waals surface area (Å²) in [6.07, 6.45) is 1.12. The maximum Gasteiger partial charge on any atom is 0.433 e. The molecule has 2 aromatic rings. The highest BCUT2D eigenvalue weighted by molar-refractivity contribution is 7.92. The van der Waals surface area contributed by atoms with Crippen LogP contribution in [0.1, 0.15) is 51.0 Å². The highest BCUT2D eigenvalue weighted by Gasteiger charge is 2.52. The van der Waals surface area contributed by atoms with Crippen LogP contribution in [0.2, 0.25) is 58.9 Å². The first-order chi connectivity index (χ1) is 25.8. The molecule has 0 aliphatic carbocycles. The quantitative estimate of drug-likeness (QED) is 0.0649. The second-order valence-electron chi connectivity index (χ2n) is 18.6. The van der Waals surface area contributed by atoms with Crippen LogP contribution in [0.5, 0.6) is 0 Å². The SMILES string of the molecule is C/C(=C\C1=NC(S(=O)(=O)c2ccc(C)cc2)C(c2ccc([N+](=O)[O-])o2)O1)C[C@@H]1OC[C@H](C[C@@H]2O[C@H]2[C@@H](C)[C@H](C)O[Si](C)(C)C)[C@@H](O[Si](C)(C)C)[C@H]1O[Si](C)(C)C. The van der Waals surface area contributed by atoms with Gasteiger partial charge in [0, 0.05) is 17.9 Å². The van der Waals surface area contributed by atoms with Gasteiger partial charge in [-0.1, -0.05) is 30.2 Å². The summed E-state index contributed by atoms with van der Waals surface area (Å²) in [6, 6.07) is 8.99. The average molecular weight is 851 g/mol. The van der Waals surface area contributed by atoms with Gasteiger partial charge in [-0.25, -0.2) is 13.4 Å². The summed E-state index contributed by atoms with van der Waals surface area (Å²) in [4.78, 5) is 15.4. The monoisotopic (exact) mass is 850 g/mol. The molecule has 13 nitrogen and oxygen atoms in total. The maximum atomic E-state index is 14.0. The van der Waals surface area contributed by atoms with Gasteiger partial charge in [-0.15, -0.1) is 0 Å². The smallest absolute Gasteiger partial charge is 0.433 e. The van der Waals surface area contributed by atoms with Crippen LogP contribution >= 0.6 is 0 Å². The van der Waals surface area contributed by atoms with E-state index < -0.39 is 57.1 Å². The van der Waals surface area contributed by atoms with Gasteiger partial charge in [0.25, 0.3) is 0 Å². The van der Waals surface area contributed by atoms with E-state index in [2.05, 4.69) is 77.8 Å². The second kappa shape index (κ2) is 17.0. The van der Waals surface area contributed by atoms with Gasteiger partial charge in [-0.05, 0) is 117 Å². The van der Waals surface area contributed by atoms with E-state index in [0.29, 0.717) is 13.0 Å². The van der Waals surface area contributed by atoms with E-state index in [0.717, 1.165) is 17.6 Å². The zero-order valence-corrected chi connectivity index (χ0v) is 39.0. The van der Waals surface area contributed by atoms with Crippen LogP contribution in [0, 0.1) is 28.9 Å². The first-order valence-electron chi connectivity index (χ1n) is 19.6. The minimum absolute atomic E-state index is 0.00639. The Hall–Kier alpha value is -2.49. The van der Waals surface area contributed by atoms with Crippen LogP contribution in [0.15, 0.2) is 62.4 Å². The molecule has 0 radical (unpaired) electrons. The molecule has 0 saturated carbocycles. The largest absolute Gasteiger partial charge is 0.463 e. The van der Waals surface area contributed by atoms with Gasteiger partial charge in [-0.2, -0.15) is 0 Å². The van der Waals surface area contributed by atoms with Crippen molar-refractivity contribution in [3.8, 4) is 0 Å². The number of rotatable bonds is 17. The lowest BCUT2D eigenvalue weighted by Crippen LogP contribution is -2.58. The van der Waals surface area contributed by atoms with Crippen molar-refractivity contribution < 1.29 is 45.2 Å². The molecule has 4 heterocycles. The highest BCUT2D eigenvalue weighted by Crippen LogP contribution is 2.42. The van der Waals surface area contributed by atoms with Crippen molar-refractivity contribution in [1.82, 2.24) is 0 Å². The summed E-state index contributed by atoms with van der Waals surface area (Å²) < 4.78 is 72.9. The molecule has 56 heavy (non-hydrogen) atoms. The van der Waals surface area contributed by atoms with Crippen molar-refractivity contribution in [2.45, 2.75) is 152 Å². The molecule has 10 atom stereocenters. The fourth-order valence-electron chi connectivity index (χ4n) is 7.42. The van der Waals surface area contributed by atoms with E-state index >= 15 is 0 Å². The number of nitrogens with zero attached hydrogens (tertiary/aromatic N) is 2. The molecule has 0 bridgehead atoms. The summed E-state index contributed by atoms with van der Waals surface area (Å²) >= 11 is 0. The topological polar surface area (TPSA) is 161 Å². The summed E-state index contributed by atoms with van der Waals surface area (Å²) in [7, 11) is -9.95. The lowest BCUT2D eigenvalue weighted by Gasteiger charge is -2.47. The maximum absolute atomic E-state index is 14.0. The second-order valence-corrected chi connectivity index (χ2v) is 34.0. The molecule has 1 aromatic heterocycles. The predicted octanol–water partition coefficient (Wildman–Crippen LogP) is 8.59. The molecule has 0 N–H and O–H groups in total. The van der Waals surface area contributed by atoms with Crippen molar-refractivity contribution >= 4 is 46.6 Å². The van der Waals surface area contributed by atoms with Crippen LogP contribution in [0.25, 0.3) is 0 Å². The first kappa shape index (κ1) is 44.6. The van der Waals surface area contributed by atoms with Gasteiger partial charge in [0.1, 0.15) is 4.92 Å². The number of hydrogen-bond donors (Lipinski definition) is 0. The normalized spacial score (nSPS) is 28.7. The van der Waals surface area contributed by atoms with E-state index in [1.165, 1.54) is 24.3 Å². The van der Waals surface area contributed by atoms with Crippen LogP contribution in [0.3, 0.4) is 0 Å². The lowest BCUT2D eigenvalue weighted by atomic mass is 9.85. The Morgan fingerprint density at radius 2 is 1.57 bits per heavy atom. The van der Waals surface area contributed by atoms with Crippen molar-refractivity contribution in [3.05, 3.63) is 69.5 Å². The van der Waals surface area contributed by atoms with Crippen LogP contribution in [0.4, 0.5) is 5.88 Å². The summed E-state index contributed by atoms with van der Waals surface area (Å²) in [6.45, 7) is 28.3. The minimum atomic E-state index is -4.09. The molecule has 3 aliphatic heterocycles. The zero-order valence-electron chi connectivity index (χ0n) is 35.2. The minimum Gasteiger partial charge on any atom is -0.463 e. The number of epoxide rings is 1. The molecule has 1 aromatic carbocycles. The molecule has 2 saturated heterocycles. The number of benzene rings is 1. The van der Waals surface area contributed by atoms with Gasteiger partial charge >= 0.3 is 5.88 Å². The van der Waals surface area contributed by atoms with Crippen molar-refractivity contribution in [3.63, 3.8) is 0 Å². The summed E-state index contributed by atoms with van der Waals surface area (Å²) in [5.41, 5.74) is 1.73. The molecular formula is C39H62N2O11SSi3. The van der Waals surface area contributed by atoms with E-state index in [9.17, 15) is 18.5 Å². The van der Waals surface area contributed by atoms with E-state index in [-0.39, 0.29) is 65.0 Å². The predicted molar refractivity (Wildman–Crippen MR) is 223 cm³/mol. The zero-order chi connectivity index (χ0) is 41.5. The number of hydrogen-bond acceptors (Lipinski definition) is 12. The number of aliphatic imine (C=N–C) groups is 1. The van der Waals surface area contributed by atoms with Gasteiger partial charge in [0.15, 0.2) is 36.8 Å². The third kappa shape index (κ3) is 11.6. The number of furan rings is 1. The fraction of sp³-hybridized carbons (Fsp3) is 0.667. The number of nitro groups is 1. The molecular weight excluding hydrogens is 789 g/mol. The molecule has 0 spiro atoms. The van der Waals surface area contributed by atoms with Crippen molar-refractivity contribution in [2.24, 2.45) is 16.8 Å². The van der Waals surface area contributed by atoms with Crippen molar-refractivity contribution in [2.75, 3.05) is 6.61 Å². The molecule has 2 unspecified atom stereocenters. The number of aryl methyl sites for hydroxylation is 1. The molecule has 0 amide bonds. The van der Waals surface area contributed by atoms with Gasteiger partial charge in [0.2, 0.25) is 21.1 Å². The van der Waals surface area contributed by atoms with Gasteiger partial charge in [0.05, 0.1) is 48.1 Å². The van der Waals surface area contributed by atoms with Crippen molar-refractivity contribution in [1.29, 1.82) is 0 Å². The fourth-order valence-corrected chi connectivity index (χ4v) is 12.5. The first-order valence-corrected chi connectivity index (χ1v) is 31.4. The molecule has 17 heteroatoms. The Balaban J connectivity index is 1.39. The van der Waals surface area contributed by atoms with E-state index in [4.69, 9.17) is 31.9 Å². The molecule has 2 fully saturated rings. The molecule has 312 valence electrons. The Labute approximate surface area is 336 Å². The van der Waals surface area contributed by atoms with Crippen LogP contribution in [-0.4, -0.2) is 92.8 Å². The lowest BCUT2D eigenvalue weighted by molar-refractivity contribution is -0.402. The number of ether oxygens (including phenoxy) is 3. The van der Waals surface area contributed by atoms with E-state index in [1.807, 2.05) is 13.8 Å².